The Kier molecular flexibility index (Phi) is 4.08. The Bertz CT molecular complexity index is 641. The third-order valence-electron chi connectivity index (χ3n) is 2.62. The second-order valence-electron chi connectivity index (χ2n) is 3.78. The van der Waals surface area contributed by atoms with Crippen LogP contribution < -0.4 is 0 Å². The van der Waals surface area contributed by atoms with Crippen LogP contribution >= 0.6 is 23.2 Å². The fourth-order valence-corrected chi connectivity index (χ4v) is 2.28. The molecule has 19 heavy (non-hydrogen) atoms. The first-order valence-corrected chi connectivity index (χ1v) is 6.12. The maximum atomic E-state index is 13.8. The Balaban J connectivity index is 2.68. The summed E-state index contributed by atoms with van der Waals surface area (Å²) in [4.78, 5) is 11.7. The monoisotopic (exact) mass is 298 g/mol. The van der Waals surface area contributed by atoms with Crippen molar-refractivity contribution in [2.75, 3.05) is 7.11 Å². The lowest BCUT2D eigenvalue weighted by Gasteiger charge is -2.10. The van der Waals surface area contributed by atoms with Crippen LogP contribution in [0.15, 0.2) is 36.4 Å². The Morgan fingerprint density at radius 3 is 2.53 bits per heavy atom. The number of benzene rings is 2. The first-order chi connectivity index (χ1) is 9.04. The number of hydrogen-bond acceptors (Lipinski definition) is 2. The average Bonchev–Trinajstić information content (AvgIpc) is 2.37. The molecule has 2 aromatic rings. The van der Waals surface area contributed by atoms with Crippen LogP contribution in [0, 0.1) is 5.82 Å². The first kappa shape index (κ1) is 13.8. The summed E-state index contributed by atoms with van der Waals surface area (Å²) in [5, 5.41) is 0.799. The van der Waals surface area contributed by atoms with Gasteiger partial charge in [-0.15, -0.1) is 0 Å². The fraction of sp³-hybridized carbons (Fsp3) is 0.0714. The minimum absolute atomic E-state index is 0.144. The molecule has 0 fully saturated rings. The van der Waals surface area contributed by atoms with E-state index in [1.807, 2.05) is 0 Å². The van der Waals surface area contributed by atoms with Gasteiger partial charge in [0.1, 0.15) is 11.4 Å². The van der Waals surface area contributed by atoms with Crippen molar-refractivity contribution in [2.45, 2.75) is 0 Å². The van der Waals surface area contributed by atoms with E-state index in [2.05, 4.69) is 4.74 Å². The van der Waals surface area contributed by atoms with Crippen LogP contribution in [0.25, 0.3) is 11.1 Å². The Labute approximate surface area is 119 Å². The van der Waals surface area contributed by atoms with Crippen molar-refractivity contribution in [1.29, 1.82) is 0 Å². The molecule has 0 aromatic heterocycles. The summed E-state index contributed by atoms with van der Waals surface area (Å²) in [5.41, 5.74) is 0.744. The number of halogens is 3. The summed E-state index contributed by atoms with van der Waals surface area (Å²) in [6, 6.07) is 9.08. The normalized spacial score (nSPS) is 10.3. The maximum Gasteiger partial charge on any atom is 0.341 e. The van der Waals surface area contributed by atoms with Gasteiger partial charge in [0.05, 0.1) is 7.11 Å². The van der Waals surface area contributed by atoms with Gasteiger partial charge in [0.15, 0.2) is 0 Å². The largest absolute Gasteiger partial charge is 0.465 e. The van der Waals surface area contributed by atoms with Gasteiger partial charge in [-0.3, -0.25) is 0 Å². The molecule has 0 N–H and O–H groups in total. The zero-order chi connectivity index (χ0) is 14.0. The Hall–Kier alpha value is -1.58. The van der Waals surface area contributed by atoms with Crippen molar-refractivity contribution in [3.8, 4) is 11.1 Å². The van der Waals surface area contributed by atoms with E-state index in [1.165, 1.54) is 25.3 Å². The number of esters is 1. The van der Waals surface area contributed by atoms with E-state index in [4.69, 9.17) is 23.2 Å². The highest BCUT2D eigenvalue weighted by molar-refractivity contribution is 6.36. The molecule has 2 aromatic carbocycles. The van der Waals surface area contributed by atoms with E-state index in [0.717, 1.165) is 0 Å². The van der Waals surface area contributed by atoms with Gasteiger partial charge in [-0.2, -0.15) is 0 Å². The van der Waals surface area contributed by atoms with Gasteiger partial charge in [0.2, 0.25) is 0 Å². The summed E-state index contributed by atoms with van der Waals surface area (Å²) in [6.45, 7) is 0. The van der Waals surface area contributed by atoms with Gasteiger partial charge in [-0.25, -0.2) is 9.18 Å². The highest BCUT2D eigenvalue weighted by atomic mass is 35.5. The van der Waals surface area contributed by atoms with Gasteiger partial charge >= 0.3 is 5.97 Å². The molecule has 0 unspecified atom stereocenters. The van der Waals surface area contributed by atoms with Crippen LogP contribution in [-0.4, -0.2) is 13.1 Å². The van der Waals surface area contributed by atoms with E-state index in [-0.39, 0.29) is 5.56 Å². The molecule has 0 heterocycles. The maximum absolute atomic E-state index is 13.8. The van der Waals surface area contributed by atoms with Gasteiger partial charge in [-0.1, -0.05) is 41.4 Å². The second-order valence-corrected chi connectivity index (χ2v) is 4.62. The number of carbonyl (C=O) groups is 1. The van der Waals surface area contributed by atoms with Gasteiger partial charge < -0.3 is 4.74 Å². The standard InChI is InChI=1S/C14H9Cl2FO2/c1-19-14(18)13-10(3-2-4-12(13)17)9-6-5-8(15)7-11(9)16/h2-7H,1H3. The molecule has 0 amide bonds. The Morgan fingerprint density at radius 1 is 1.16 bits per heavy atom. The van der Waals surface area contributed by atoms with Crippen LogP contribution in [0.1, 0.15) is 10.4 Å². The molecule has 0 bridgehead atoms. The van der Waals surface area contributed by atoms with Crippen LogP contribution in [0.2, 0.25) is 10.0 Å². The van der Waals surface area contributed by atoms with E-state index in [0.29, 0.717) is 21.2 Å². The van der Waals surface area contributed by atoms with E-state index in [9.17, 15) is 9.18 Å². The van der Waals surface area contributed by atoms with Crippen LogP contribution in [0.3, 0.4) is 0 Å². The molecular weight excluding hydrogens is 290 g/mol. The number of methoxy groups -OCH3 is 1. The summed E-state index contributed by atoms with van der Waals surface area (Å²) < 4.78 is 18.4. The quantitative estimate of drug-likeness (QED) is 0.758. The third-order valence-corrected chi connectivity index (χ3v) is 3.17. The lowest BCUT2D eigenvalue weighted by Crippen LogP contribution is -2.06. The SMILES string of the molecule is COC(=O)c1c(F)cccc1-c1ccc(Cl)cc1Cl. The predicted molar refractivity (Wildman–Crippen MR) is 73.2 cm³/mol. The number of hydrogen-bond donors (Lipinski definition) is 0. The molecule has 0 aliphatic carbocycles. The molecular formula is C14H9Cl2FO2. The number of rotatable bonds is 2. The van der Waals surface area contributed by atoms with E-state index >= 15 is 0 Å². The number of carbonyl (C=O) groups excluding carboxylic acids is 1. The van der Waals surface area contributed by atoms with E-state index < -0.39 is 11.8 Å². The van der Waals surface area contributed by atoms with Crippen molar-refractivity contribution < 1.29 is 13.9 Å². The molecule has 2 nitrogen and oxygen atoms in total. The van der Waals surface area contributed by atoms with Crippen molar-refractivity contribution in [2.24, 2.45) is 0 Å². The number of ether oxygens (including phenoxy) is 1. The minimum atomic E-state index is -0.751. The molecule has 0 saturated carbocycles. The first-order valence-electron chi connectivity index (χ1n) is 5.37. The topological polar surface area (TPSA) is 26.3 Å². The average molecular weight is 299 g/mol. The molecule has 2 rings (SSSR count). The zero-order valence-corrected chi connectivity index (χ0v) is 11.4. The van der Waals surface area contributed by atoms with Crippen LogP contribution in [0.5, 0.6) is 0 Å². The summed E-state index contributed by atoms with van der Waals surface area (Å²) in [6.07, 6.45) is 0. The van der Waals surface area contributed by atoms with Crippen LogP contribution in [-0.2, 0) is 4.74 Å². The fourth-order valence-electron chi connectivity index (χ4n) is 1.77. The van der Waals surface area contributed by atoms with Crippen molar-refractivity contribution >= 4 is 29.2 Å². The van der Waals surface area contributed by atoms with Crippen molar-refractivity contribution in [1.82, 2.24) is 0 Å². The molecule has 0 saturated heterocycles. The molecule has 0 radical (unpaired) electrons. The molecule has 98 valence electrons. The highest BCUT2D eigenvalue weighted by Crippen LogP contribution is 2.33. The van der Waals surface area contributed by atoms with E-state index in [1.54, 1.807) is 18.2 Å². The van der Waals surface area contributed by atoms with Crippen molar-refractivity contribution in [3.05, 3.63) is 57.8 Å². The third kappa shape index (κ3) is 2.72. The van der Waals surface area contributed by atoms with Crippen LogP contribution in [0.4, 0.5) is 4.39 Å². The summed E-state index contributed by atoms with van der Waals surface area (Å²) in [5.74, 6) is -1.41. The highest BCUT2D eigenvalue weighted by Gasteiger charge is 2.19. The molecule has 0 aliphatic rings. The second kappa shape index (κ2) is 5.59. The zero-order valence-electron chi connectivity index (χ0n) is 9.91. The molecule has 0 aliphatic heterocycles. The Morgan fingerprint density at radius 2 is 1.89 bits per heavy atom. The lowest BCUT2D eigenvalue weighted by molar-refractivity contribution is 0.0596. The molecule has 5 heteroatoms. The summed E-state index contributed by atoms with van der Waals surface area (Å²) in [7, 11) is 1.20. The van der Waals surface area contributed by atoms with Gasteiger partial charge in [0, 0.05) is 21.2 Å². The summed E-state index contributed by atoms with van der Waals surface area (Å²) >= 11 is 11.9. The predicted octanol–water partition coefficient (Wildman–Crippen LogP) is 4.59. The molecule has 0 spiro atoms. The van der Waals surface area contributed by atoms with Crippen molar-refractivity contribution in [3.63, 3.8) is 0 Å². The van der Waals surface area contributed by atoms with Gasteiger partial charge in [0.25, 0.3) is 0 Å². The molecule has 0 atom stereocenters. The minimum Gasteiger partial charge on any atom is -0.465 e. The smallest absolute Gasteiger partial charge is 0.341 e. The van der Waals surface area contributed by atoms with Gasteiger partial charge in [-0.05, 0) is 18.2 Å². The lowest BCUT2D eigenvalue weighted by atomic mass is 9.99.